The molecule has 0 rings (SSSR count). The molecule has 0 aromatic heterocycles. The Morgan fingerprint density at radius 2 is 1.88 bits per heavy atom. The summed E-state index contributed by atoms with van der Waals surface area (Å²) >= 11 is 1.48. The van der Waals surface area contributed by atoms with E-state index >= 15 is 0 Å². The number of nitrogens with one attached hydrogen (secondary N) is 1. The van der Waals surface area contributed by atoms with Crippen LogP contribution in [0.3, 0.4) is 0 Å². The smallest absolute Gasteiger partial charge is 0.230 e. The van der Waals surface area contributed by atoms with Crippen molar-refractivity contribution in [2.24, 2.45) is 11.8 Å². The fourth-order valence-corrected chi connectivity index (χ4v) is 2.25. The number of carbonyl (C=O) groups excluding carboxylic acids is 2. The molecular weight excluding hydrogens is 238 g/mol. The summed E-state index contributed by atoms with van der Waals surface area (Å²) in [5.74, 6) is 1.26. The summed E-state index contributed by atoms with van der Waals surface area (Å²) in [6.45, 7) is 7.38. The van der Waals surface area contributed by atoms with Crippen LogP contribution in [0.4, 0.5) is 0 Å². The fraction of sp³-hybridized carbons (Fsp3) is 0.833. The van der Waals surface area contributed by atoms with Crippen LogP contribution < -0.4 is 5.32 Å². The molecule has 0 aromatic rings. The number of Topliss-reactive ketones (excluding diaryl/α,β-unsaturated/α-hetero) is 1. The minimum absolute atomic E-state index is 0.0120. The molecule has 0 aliphatic heterocycles. The lowest BCUT2D eigenvalue weighted by molar-refractivity contribution is -0.126. The van der Waals surface area contributed by atoms with Gasteiger partial charge in [0.25, 0.3) is 0 Å². The molecule has 0 bridgehead atoms. The van der Waals surface area contributed by atoms with Gasteiger partial charge in [-0.3, -0.25) is 9.59 Å². The molecule has 0 radical (unpaired) electrons. The van der Waals surface area contributed by atoms with Gasteiger partial charge in [0.2, 0.25) is 5.91 Å². The Bertz CT molecular complexity index is 256. The van der Waals surface area contributed by atoms with E-state index in [1.807, 2.05) is 20.8 Å². The predicted molar refractivity (Wildman–Crippen MR) is 71.0 cm³/mol. The van der Waals surface area contributed by atoms with Gasteiger partial charge in [0.1, 0.15) is 0 Å². The predicted octanol–water partition coefficient (Wildman–Crippen LogP) is 1.08. The number of ketones is 1. The number of aliphatic hydroxyl groups excluding tert-OH is 1. The highest BCUT2D eigenvalue weighted by Crippen LogP contribution is 2.08. The van der Waals surface area contributed by atoms with Crippen LogP contribution in [-0.2, 0) is 9.59 Å². The zero-order valence-electron chi connectivity index (χ0n) is 11.0. The molecule has 0 aliphatic rings. The van der Waals surface area contributed by atoms with E-state index in [0.717, 1.165) is 5.75 Å². The van der Waals surface area contributed by atoms with Gasteiger partial charge in [0.05, 0.1) is 11.8 Å². The molecule has 0 heterocycles. The van der Waals surface area contributed by atoms with E-state index in [1.54, 1.807) is 0 Å². The summed E-state index contributed by atoms with van der Waals surface area (Å²) in [6.07, 6.45) is 0. The average molecular weight is 261 g/mol. The minimum Gasteiger partial charge on any atom is -0.396 e. The zero-order valence-corrected chi connectivity index (χ0v) is 11.8. The fourth-order valence-electron chi connectivity index (χ4n) is 1.36. The second-order valence-electron chi connectivity index (χ2n) is 4.70. The molecule has 2 unspecified atom stereocenters. The van der Waals surface area contributed by atoms with Gasteiger partial charge >= 0.3 is 0 Å². The van der Waals surface area contributed by atoms with E-state index in [1.165, 1.54) is 18.7 Å². The third kappa shape index (κ3) is 7.39. The Balaban J connectivity index is 3.95. The first-order valence-electron chi connectivity index (χ1n) is 5.86. The summed E-state index contributed by atoms with van der Waals surface area (Å²) in [5.41, 5.74) is 0. The van der Waals surface area contributed by atoms with Crippen molar-refractivity contribution < 1.29 is 14.7 Å². The lowest BCUT2D eigenvalue weighted by atomic mass is 10.0. The quantitative estimate of drug-likeness (QED) is 0.686. The van der Waals surface area contributed by atoms with Gasteiger partial charge in [0.15, 0.2) is 5.78 Å². The number of thioether (sulfide) groups is 1. The van der Waals surface area contributed by atoms with Crippen molar-refractivity contribution in [1.29, 1.82) is 0 Å². The SMILES string of the molecule is CC(=O)C(NC(=O)CSCC(C)CO)C(C)C. The molecule has 0 aliphatic carbocycles. The van der Waals surface area contributed by atoms with Crippen molar-refractivity contribution in [1.82, 2.24) is 5.32 Å². The molecule has 5 heteroatoms. The molecule has 2 atom stereocenters. The number of hydrogen-bond donors (Lipinski definition) is 2. The van der Waals surface area contributed by atoms with Crippen LogP contribution in [0.25, 0.3) is 0 Å². The summed E-state index contributed by atoms with van der Waals surface area (Å²) in [4.78, 5) is 22.9. The van der Waals surface area contributed by atoms with Crippen LogP contribution in [0.5, 0.6) is 0 Å². The van der Waals surface area contributed by atoms with E-state index < -0.39 is 6.04 Å². The van der Waals surface area contributed by atoms with Crippen molar-refractivity contribution in [2.45, 2.75) is 33.7 Å². The number of rotatable bonds is 8. The molecular formula is C12H23NO3S. The van der Waals surface area contributed by atoms with Crippen LogP contribution in [0.2, 0.25) is 0 Å². The van der Waals surface area contributed by atoms with E-state index in [9.17, 15) is 9.59 Å². The zero-order chi connectivity index (χ0) is 13.4. The van der Waals surface area contributed by atoms with E-state index in [4.69, 9.17) is 5.11 Å². The largest absolute Gasteiger partial charge is 0.396 e. The first-order valence-corrected chi connectivity index (χ1v) is 7.02. The summed E-state index contributed by atoms with van der Waals surface area (Å²) in [6, 6.07) is -0.390. The van der Waals surface area contributed by atoms with E-state index in [-0.39, 0.29) is 30.1 Å². The topological polar surface area (TPSA) is 66.4 Å². The first kappa shape index (κ1) is 16.4. The summed E-state index contributed by atoms with van der Waals surface area (Å²) < 4.78 is 0. The van der Waals surface area contributed by atoms with Gasteiger partial charge in [0, 0.05) is 6.61 Å². The molecule has 2 N–H and O–H groups in total. The molecule has 4 nitrogen and oxygen atoms in total. The monoisotopic (exact) mass is 261 g/mol. The van der Waals surface area contributed by atoms with Crippen molar-refractivity contribution in [3.8, 4) is 0 Å². The van der Waals surface area contributed by atoms with Crippen molar-refractivity contribution in [3.63, 3.8) is 0 Å². The Morgan fingerprint density at radius 1 is 1.29 bits per heavy atom. The second kappa shape index (κ2) is 8.53. The molecule has 17 heavy (non-hydrogen) atoms. The molecule has 0 aromatic carbocycles. The van der Waals surface area contributed by atoms with Crippen molar-refractivity contribution in [3.05, 3.63) is 0 Å². The first-order chi connectivity index (χ1) is 7.88. The average Bonchev–Trinajstić information content (AvgIpc) is 2.24. The van der Waals surface area contributed by atoms with Gasteiger partial charge in [-0.1, -0.05) is 20.8 Å². The third-order valence-electron chi connectivity index (χ3n) is 2.37. The minimum atomic E-state index is -0.390. The number of hydrogen-bond acceptors (Lipinski definition) is 4. The molecule has 0 fully saturated rings. The van der Waals surface area contributed by atoms with Crippen LogP contribution >= 0.6 is 11.8 Å². The number of carbonyl (C=O) groups is 2. The lowest BCUT2D eigenvalue weighted by Gasteiger charge is -2.19. The van der Waals surface area contributed by atoms with Gasteiger partial charge in [-0.05, 0) is 24.5 Å². The van der Waals surface area contributed by atoms with Gasteiger partial charge in [-0.2, -0.15) is 11.8 Å². The van der Waals surface area contributed by atoms with Crippen molar-refractivity contribution in [2.75, 3.05) is 18.1 Å². The maximum absolute atomic E-state index is 11.6. The Kier molecular flexibility index (Phi) is 8.25. The van der Waals surface area contributed by atoms with Crippen LogP contribution in [0.15, 0.2) is 0 Å². The highest BCUT2D eigenvalue weighted by molar-refractivity contribution is 7.99. The lowest BCUT2D eigenvalue weighted by Crippen LogP contribution is -2.44. The Morgan fingerprint density at radius 3 is 2.29 bits per heavy atom. The van der Waals surface area contributed by atoms with Gasteiger partial charge in [-0.15, -0.1) is 0 Å². The van der Waals surface area contributed by atoms with Gasteiger partial charge < -0.3 is 10.4 Å². The maximum atomic E-state index is 11.6. The normalized spacial score (nSPS) is 14.5. The molecule has 0 saturated heterocycles. The molecule has 0 saturated carbocycles. The van der Waals surface area contributed by atoms with Crippen LogP contribution in [0.1, 0.15) is 27.7 Å². The highest BCUT2D eigenvalue weighted by atomic mass is 32.2. The standard InChI is InChI=1S/C12H23NO3S/c1-8(2)12(10(4)15)13-11(16)7-17-6-9(3)5-14/h8-9,12,14H,5-7H2,1-4H3,(H,13,16). The Hall–Kier alpha value is -0.550. The summed E-state index contributed by atoms with van der Waals surface area (Å²) in [7, 11) is 0. The van der Waals surface area contributed by atoms with Gasteiger partial charge in [-0.25, -0.2) is 0 Å². The maximum Gasteiger partial charge on any atom is 0.230 e. The van der Waals surface area contributed by atoms with Crippen molar-refractivity contribution >= 4 is 23.5 Å². The number of amides is 1. The highest BCUT2D eigenvalue weighted by Gasteiger charge is 2.20. The van der Waals surface area contributed by atoms with Crippen LogP contribution in [0, 0.1) is 11.8 Å². The summed E-state index contributed by atoms with van der Waals surface area (Å²) in [5, 5.41) is 11.6. The van der Waals surface area contributed by atoms with E-state index in [2.05, 4.69) is 5.32 Å². The third-order valence-corrected chi connectivity index (χ3v) is 3.64. The van der Waals surface area contributed by atoms with Crippen LogP contribution in [-0.4, -0.2) is 41.0 Å². The second-order valence-corrected chi connectivity index (χ2v) is 5.73. The Labute approximate surface area is 108 Å². The van der Waals surface area contributed by atoms with E-state index in [0.29, 0.717) is 5.75 Å². The molecule has 100 valence electrons. The molecule has 0 spiro atoms. The number of aliphatic hydroxyl groups is 1. The molecule has 1 amide bonds.